The maximum atomic E-state index is 12.4. The van der Waals surface area contributed by atoms with Gasteiger partial charge in [0.1, 0.15) is 5.82 Å². The first-order valence-corrected chi connectivity index (χ1v) is 8.01. The number of amides is 1. The highest BCUT2D eigenvalue weighted by atomic mass is 16.1. The SMILES string of the molecule is CCCn1c([C@H](C)NC(=O)c2ccccc2)nc2ccccc21. The van der Waals surface area contributed by atoms with E-state index in [2.05, 4.69) is 22.9 Å². The number of benzene rings is 2. The first-order chi connectivity index (χ1) is 11.2. The molecule has 23 heavy (non-hydrogen) atoms. The van der Waals surface area contributed by atoms with Gasteiger partial charge < -0.3 is 9.88 Å². The maximum Gasteiger partial charge on any atom is 0.251 e. The van der Waals surface area contributed by atoms with Crippen LogP contribution in [0.3, 0.4) is 0 Å². The number of aryl methyl sites for hydroxylation is 1. The lowest BCUT2D eigenvalue weighted by Gasteiger charge is -2.16. The van der Waals surface area contributed by atoms with Gasteiger partial charge >= 0.3 is 0 Å². The van der Waals surface area contributed by atoms with Crippen LogP contribution in [0.1, 0.15) is 42.5 Å². The summed E-state index contributed by atoms with van der Waals surface area (Å²) in [5.74, 6) is 0.825. The van der Waals surface area contributed by atoms with Gasteiger partial charge in [0, 0.05) is 12.1 Å². The molecule has 1 aromatic heterocycles. The second-order valence-corrected chi connectivity index (χ2v) is 5.67. The number of hydrogen-bond acceptors (Lipinski definition) is 2. The molecule has 3 aromatic rings. The van der Waals surface area contributed by atoms with Crippen molar-refractivity contribution in [2.45, 2.75) is 32.9 Å². The van der Waals surface area contributed by atoms with Crippen LogP contribution in [0.25, 0.3) is 11.0 Å². The third-order valence-electron chi connectivity index (χ3n) is 3.90. The summed E-state index contributed by atoms with van der Waals surface area (Å²) in [6.07, 6.45) is 1.02. The Labute approximate surface area is 136 Å². The molecule has 0 saturated heterocycles. The zero-order valence-electron chi connectivity index (χ0n) is 13.5. The van der Waals surface area contributed by atoms with Gasteiger partial charge in [-0.15, -0.1) is 0 Å². The molecule has 0 saturated carbocycles. The highest BCUT2D eigenvalue weighted by Crippen LogP contribution is 2.21. The molecule has 0 spiro atoms. The number of carbonyl (C=O) groups excluding carboxylic acids is 1. The molecule has 1 heterocycles. The Bertz CT molecular complexity index is 808. The van der Waals surface area contributed by atoms with Crippen LogP contribution in [-0.2, 0) is 6.54 Å². The Kier molecular flexibility index (Phi) is 4.42. The van der Waals surface area contributed by atoms with E-state index in [1.54, 1.807) is 0 Å². The van der Waals surface area contributed by atoms with Crippen molar-refractivity contribution in [1.29, 1.82) is 0 Å². The number of imidazole rings is 1. The monoisotopic (exact) mass is 307 g/mol. The minimum atomic E-state index is -0.151. The van der Waals surface area contributed by atoms with Gasteiger partial charge in [-0.05, 0) is 37.6 Å². The molecule has 0 aliphatic heterocycles. The lowest BCUT2D eigenvalue weighted by Crippen LogP contribution is -2.28. The number of nitrogens with zero attached hydrogens (tertiary/aromatic N) is 2. The molecule has 4 nitrogen and oxygen atoms in total. The molecule has 118 valence electrons. The smallest absolute Gasteiger partial charge is 0.251 e. The maximum absolute atomic E-state index is 12.4. The zero-order valence-corrected chi connectivity index (χ0v) is 13.5. The van der Waals surface area contributed by atoms with Gasteiger partial charge in [0.15, 0.2) is 0 Å². The van der Waals surface area contributed by atoms with E-state index >= 15 is 0 Å². The summed E-state index contributed by atoms with van der Waals surface area (Å²) < 4.78 is 2.20. The van der Waals surface area contributed by atoms with Gasteiger partial charge in [-0.25, -0.2) is 4.98 Å². The molecule has 0 bridgehead atoms. The zero-order chi connectivity index (χ0) is 16.2. The summed E-state index contributed by atoms with van der Waals surface area (Å²) in [7, 11) is 0. The molecule has 1 N–H and O–H groups in total. The molecule has 0 aliphatic rings. The Balaban J connectivity index is 1.90. The van der Waals surface area contributed by atoms with Crippen molar-refractivity contribution in [3.05, 3.63) is 66.0 Å². The standard InChI is InChI=1S/C19H21N3O/c1-3-13-22-17-12-8-7-11-16(17)21-18(22)14(2)20-19(23)15-9-5-4-6-10-15/h4-12,14H,3,13H2,1-2H3,(H,20,23)/t14-/m0/s1. The van der Waals surface area contributed by atoms with Crippen molar-refractivity contribution < 1.29 is 4.79 Å². The third-order valence-corrected chi connectivity index (χ3v) is 3.90. The minimum absolute atomic E-state index is 0.0757. The number of nitrogens with one attached hydrogen (secondary N) is 1. The predicted octanol–water partition coefficient (Wildman–Crippen LogP) is 3.94. The summed E-state index contributed by atoms with van der Waals surface area (Å²) in [4.78, 5) is 17.1. The van der Waals surface area contributed by atoms with Crippen LogP contribution < -0.4 is 5.32 Å². The van der Waals surface area contributed by atoms with E-state index in [4.69, 9.17) is 4.98 Å². The first kappa shape index (κ1) is 15.3. The van der Waals surface area contributed by atoms with Crippen LogP contribution in [0.5, 0.6) is 0 Å². The van der Waals surface area contributed by atoms with Crippen molar-refractivity contribution in [1.82, 2.24) is 14.9 Å². The summed E-state index contributed by atoms with van der Waals surface area (Å²) >= 11 is 0. The van der Waals surface area contributed by atoms with Crippen LogP contribution in [0.2, 0.25) is 0 Å². The highest BCUT2D eigenvalue weighted by Gasteiger charge is 2.18. The fourth-order valence-corrected chi connectivity index (χ4v) is 2.82. The van der Waals surface area contributed by atoms with E-state index in [-0.39, 0.29) is 11.9 Å². The van der Waals surface area contributed by atoms with Gasteiger partial charge in [0.25, 0.3) is 5.91 Å². The van der Waals surface area contributed by atoms with Gasteiger partial charge in [-0.2, -0.15) is 0 Å². The lowest BCUT2D eigenvalue weighted by molar-refractivity contribution is 0.0937. The average molecular weight is 307 g/mol. The third kappa shape index (κ3) is 3.11. The number of rotatable bonds is 5. The number of fused-ring (bicyclic) bond motifs is 1. The molecule has 4 heteroatoms. The molecule has 2 aromatic carbocycles. The summed E-state index contributed by atoms with van der Waals surface area (Å²) in [5, 5.41) is 3.05. The van der Waals surface area contributed by atoms with Crippen LogP contribution in [-0.4, -0.2) is 15.5 Å². The Morgan fingerprint density at radius 1 is 1.13 bits per heavy atom. The average Bonchev–Trinajstić information content (AvgIpc) is 2.95. The molecule has 1 amide bonds. The van der Waals surface area contributed by atoms with E-state index in [1.807, 2.05) is 55.5 Å². The van der Waals surface area contributed by atoms with Crippen molar-refractivity contribution in [2.24, 2.45) is 0 Å². The topological polar surface area (TPSA) is 46.9 Å². The molecule has 0 fully saturated rings. The number of hydrogen-bond donors (Lipinski definition) is 1. The van der Waals surface area contributed by atoms with E-state index in [1.165, 1.54) is 0 Å². The summed E-state index contributed by atoms with van der Waals surface area (Å²) in [5.41, 5.74) is 2.75. The molecular formula is C19H21N3O. The Hall–Kier alpha value is -2.62. The fraction of sp³-hybridized carbons (Fsp3) is 0.263. The first-order valence-electron chi connectivity index (χ1n) is 8.01. The molecule has 0 radical (unpaired) electrons. The van der Waals surface area contributed by atoms with E-state index < -0.39 is 0 Å². The minimum Gasteiger partial charge on any atom is -0.342 e. The highest BCUT2D eigenvalue weighted by molar-refractivity contribution is 5.94. The largest absolute Gasteiger partial charge is 0.342 e. The van der Waals surface area contributed by atoms with Crippen molar-refractivity contribution in [2.75, 3.05) is 0 Å². The Morgan fingerprint density at radius 3 is 2.57 bits per heavy atom. The van der Waals surface area contributed by atoms with Gasteiger partial charge in [-0.3, -0.25) is 4.79 Å². The quantitative estimate of drug-likeness (QED) is 0.776. The van der Waals surface area contributed by atoms with Gasteiger partial charge in [-0.1, -0.05) is 37.3 Å². The molecule has 3 rings (SSSR count). The van der Waals surface area contributed by atoms with Crippen molar-refractivity contribution in [3.8, 4) is 0 Å². The summed E-state index contributed by atoms with van der Waals surface area (Å²) in [6.45, 7) is 5.02. The van der Waals surface area contributed by atoms with Crippen LogP contribution in [0, 0.1) is 0 Å². The van der Waals surface area contributed by atoms with E-state index in [0.29, 0.717) is 5.56 Å². The normalized spacial score (nSPS) is 12.3. The second kappa shape index (κ2) is 6.65. The van der Waals surface area contributed by atoms with Crippen LogP contribution >= 0.6 is 0 Å². The molecule has 1 atom stereocenters. The van der Waals surface area contributed by atoms with Crippen molar-refractivity contribution in [3.63, 3.8) is 0 Å². The summed E-state index contributed by atoms with van der Waals surface area (Å²) in [6, 6.07) is 17.2. The predicted molar refractivity (Wildman–Crippen MR) is 92.3 cm³/mol. The number of aromatic nitrogens is 2. The lowest BCUT2D eigenvalue weighted by atomic mass is 10.2. The molecule has 0 unspecified atom stereocenters. The van der Waals surface area contributed by atoms with Gasteiger partial charge in [0.2, 0.25) is 0 Å². The number of carbonyl (C=O) groups is 1. The van der Waals surface area contributed by atoms with Crippen LogP contribution in [0.15, 0.2) is 54.6 Å². The van der Waals surface area contributed by atoms with E-state index in [0.717, 1.165) is 29.8 Å². The van der Waals surface area contributed by atoms with Gasteiger partial charge in [0.05, 0.1) is 17.1 Å². The number of para-hydroxylation sites is 2. The Morgan fingerprint density at radius 2 is 1.83 bits per heavy atom. The molecule has 0 aliphatic carbocycles. The fourth-order valence-electron chi connectivity index (χ4n) is 2.82. The van der Waals surface area contributed by atoms with Crippen LogP contribution in [0.4, 0.5) is 0 Å². The van der Waals surface area contributed by atoms with E-state index in [9.17, 15) is 4.79 Å². The van der Waals surface area contributed by atoms with Crippen molar-refractivity contribution >= 4 is 16.9 Å². The molecular weight excluding hydrogens is 286 g/mol. The second-order valence-electron chi connectivity index (χ2n) is 5.67.